The molecule has 0 rings (SSSR count). The highest BCUT2D eigenvalue weighted by Crippen LogP contribution is 2.01. The number of aliphatic carboxylic acids is 1. The third-order valence-electron chi connectivity index (χ3n) is 3.35. The number of hydrogen-bond donors (Lipinski definition) is 2. The van der Waals surface area contributed by atoms with Crippen LogP contribution in [0.15, 0.2) is 48.6 Å². The van der Waals surface area contributed by atoms with Crippen molar-refractivity contribution in [3.63, 3.8) is 0 Å². The van der Waals surface area contributed by atoms with Crippen LogP contribution in [0.4, 0.5) is 0 Å². The molecule has 0 aromatic rings. The summed E-state index contributed by atoms with van der Waals surface area (Å²) < 4.78 is 0. The molecule has 1 unspecified atom stereocenters. The SMILES string of the molecule is CCCCC/C=C/C/C=C/C/C=C/C/C=C/CCC(O)C(=O)O. The van der Waals surface area contributed by atoms with Gasteiger partial charge in [0, 0.05) is 0 Å². The molecule has 0 aliphatic carbocycles. The fourth-order valence-corrected chi connectivity index (χ4v) is 1.94. The molecule has 2 N–H and O–H groups in total. The van der Waals surface area contributed by atoms with Gasteiger partial charge in [0.2, 0.25) is 0 Å². The Labute approximate surface area is 141 Å². The van der Waals surface area contributed by atoms with Gasteiger partial charge < -0.3 is 10.2 Å². The molecule has 130 valence electrons. The molecule has 23 heavy (non-hydrogen) atoms. The first kappa shape index (κ1) is 21.4. The number of carboxylic acids is 1. The van der Waals surface area contributed by atoms with Crippen molar-refractivity contribution in [3.05, 3.63) is 48.6 Å². The molecule has 0 aliphatic heterocycles. The van der Waals surface area contributed by atoms with Crippen LogP contribution in [0.1, 0.15) is 64.7 Å². The Morgan fingerprint density at radius 2 is 1.30 bits per heavy atom. The summed E-state index contributed by atoms with van der Waals surface area (Å²) in [6, 6.07) is 0. The molecule has 3 heteroatoms. The van der Waals surface area contributed by atoms with Crippen molar-refractivity contribution in [2.45, 2.75) is 70.8 Å². The van der Waals surface area contributed by atoms with Crippen molar-refractivity contribution in [1.82, 2.24) is 0 Å². The summed E-state index contributed by atoms with van der Waals surface area (Å²) in [5.41, 5.74) is 0. The van der Waals surface area contributed by atoms with E-state index in [-0.39, 0.29) is 6.42 Å². The maximum Gasteiger partial charge on any atom is 0.332 e. The van der Waals surface area contributed by atoms with Gasteiger partial charge in [-0.25, -0.2) is 4.79 Å². The summed E-state index contributed by atoms with van der Waals surface area (Å²) in [7, 11) is 0. The number of allylic oxidation sites excluding steroid dienone is 8. The average molecular weight is 320 g/mol. The third kappa shape index (κ3) is 16.6. The van der Waals surface area contributed by atoms with Gasteiger partial charge in [-0.2, -0.15) is 0 Å². The molecule has 0 radical (unpaired) electrons. The molecule has 0 aliphatic rings. The van der Waals surface area contributed by atoms with Crippen LogP contribution >= 0.6 is 0 Å². The maximum absolute atomic E-state index is 10.4. The molecule has 3 nitrogen and oxygen atoms in total. The minimum atomic E-state index is -1.25. The number of aliphatic hydroxyl groups excluding tert-OH is 1. The highest BCUT2D eigenvalue weighted by atomic mass is 16.4. The lowest BCUT2D eigenvalue weighted by Gasteiger charge is -2.00. The average Bonchev–Trinajstić information content (AvgIpc) is 2.54. The molecule has 0 saturated heterocycles. The zero-order chi connectivity index (χ0) is 17.2. The van der Waals surface area contributed by atoms with Crippen molar-refractivity contribution in [1.29, 1.82) is 0 Å². The molecule has 0 fully saturated rings. The normalized spacial score (nSPS) is 13.8. The predicted molar refractivity (Wildman–Crippen MR) is 97.4 cm³/mol. The Hall–Kier alpha value is -1.61. The largest absolute Gasteiger partial charge is 0.479 e. The number of unbranched alkanes of at least 4 members (excludes halogenated alkanes) is 3. The molecule has 0 amide bonds. The Morgan fingerprint density at radius 1 is 0.826 bits per heavy atom. The van der Waals surface area contributed by atoms with Gasteiger partial charge in [0.1, 0.15) is 0 Å². The van der Waals surface area contributed by atoms with Crippen molar-refractivity contribution in [2.24, 2.45) is 0 Å². The van der Waals surface area contributed by atoms with Crippen LogP contribution in [0.25, 0.3) is 0 Å². The lowest BCUT2D eigenvalue weighted by molar-refractivity contribution is -0.146. The zero-order valence-electron chi connectivity index (χ0n) is 14.4. The van der Waals surface area contributed by atoms with E-state index < -0.39 is 12.1 Å². The van der Waals surface area contributed by atoms with Gasteiger partial charge in [-0.3, -0.25) is 0 Å². The van der Waals surface area contributed by atoms with E-state index in [1.165, 1.54) is 25.7 Å². The van der Waals surface area contributed by atoms with Crippen LogP contribution in [0.2, 0.25) is 0 Å². The van der Waals surface area contributed by atoms with Crippen molar-refractivity contribution in [3.8, 4) is 0 Å². The van der Waals surface area contributed by atoms with Crippen molar-refractivity contribution < 1.29 is 15.0 Å². The van der Waals surface area contributed by atoms with Crippen LogP contribution in [0.3, 0.4) is 0 Å². The van der Waals surface area contributed by atoms with E-state index >= 15 is 0 Å². The Balaban J connectivity index is 3.49. The monoisotopic (exact) mass is 320 g/mol. The van der Waals surface area contributed by atoms with Crippen molar-refractivity contribution >= 4 is 5.97 Å². The van der Waals surface area contributed by atoms with Gasteiger partial charge >= 0.3 is 5.97 Å². The smallest absolute Gasteiger partial charge is 0.332 e. The first-order chi connectivity index (χ1) is 11.2. The molecule has 0 heterocycles. The quantitative estimate of drug-likeness (QED) is 0.342. The van der Waals surface area contributed by atoms with E-state index in [9.17, 15) is 4.79 Å². The van der Waals surface area contributed by atoms with E-state index in [2.05, 4.69) is 43.4 Å². The van der Waals surface area contributed by atoms with E-state index in [1.807, 2.05) is 12.2 Å². The molecule has 0 bridgehead atoms. The summed E-state index contributed by atoms with van der Waals surface area (Å²) in [4.78, 5) is 10.4. The maximum atomic E-state index is 10.4. The Bertz CT molecular complexity index is 392. The van der Waals surface area contributed by atoms with Gasteiger partial charge in [0.15, 0.2) is 6.10 Å². The fourth-order valence-electron chi connectivity index (χ4n) is 1.94. The number of hydrogen-bond acceptors (Lipinski definition) is 2. The van der Waals surface area contributed by atoms with Gasteiger partial charge in [-0.05, 0) is 44.9 Å². The van der Waals surface area contributed by atoms with E-state index in [0.717, 1.165) is 19.3 Å². The molecule has 0 aromatic carbocycles. The Morgan fingerprint density at radius 3 is 1.78 bits per heavy atom. The molecular weight excluding hydrogens is 288 g/mol. The van der Waals surface area contributed by atoms with E-state index in [0.29, 0.717) is 6.42 Å². The second kappa shape index (κ2) is 16.8. The molecule has 0 saturated carbocycles. The zero-order valence-corrected chi connectivity index (χ0v) is 14.4. The van der Waals surface area contributed by atoms with Crippen LogP contribution in [-0.2, 0) is 4.79 Å². The minimum absolute atomic E-state index is 0.268. The molecule has 1 atom stereocenters. The second-order valence-electron chi connectivity index (χ2n) is 5.52. The predicted octanol–water partition coefficient (Wildman–Crippen LogP) is 5.19. The van der Waals surface area contributed by atoms with Crippen LogP contribution in [0, 0.1) is 0 Å². The second-order valence-corrected chi connectivity index (χ2v) is 5.52. The van der Waals surface area contributed by atoms with Crippen LogP contribution < -0.4 is 0 Å². The lowest BCUT2D eigenvalue weighted by Crippen LogP contribution is -2.18. The van der Waals surface area contributed by atoms with Gasteiger partial charge in [0.25, 0.3) is 0 Å². The molecule has 0 aromatic heterocycles. The van der Waals surface area contributed by atoms with Crippen molar-refractivity contribution in [2.75, 3.05) is 0 Å². The van der Waals surface area contributed by atoms with E-state index in [1.54, 1.807) is 0 Å². The van der Waals surface area contributed by atoms with Gasteiger partial charge in [0.05, 0.1) is 0 Å². The lowest BCUT2D eigenvalue weighted by atomic mass is 10.2. The summed E-state index contributed by atoms with van der Waals surface area (Å²) in [6.45, 7) is 2.22. The number of carboxylic acid groups (broad SMARTS) is 1. The van der Waals surface area contributed by atoms with Crippen LogP contribution in [0.5, 0.6) is 0 Å². The third-order valence-corrected chi connectivity index (χ3v) is 3.35. The van der Waals surface area contributed by atoms with Gasteiger partial charge in [-0.1, -0.05) is 68.4 Å². The molecular formula is C20H32O3. The summed E-state index contributed by atoms with van der Waals surface area (Å²) in [6.07, 6.45) is 24.4. The Kier molecular flexibility index (Phi) is 15.6. The van der Waals surface area contributed by atoms with Gasteiger partial charge in [-0.15, -0.1) is 0 Å². The highest BCUT2D eigenvalue weighted by Gasteiger charge is 2.10. The first-order valence-corrected chi connectivity index (χ1v) is 8.69. The topological polar surface area (TPSA) is 57.5 Å². The minimum Gasteiger partial charge on any atom is -0.479 e. The summed E-state index contributed by atoms with van der Waals surface area (Å²) >= 11 is 0. The number of carbonyl (C=O) groups is 1. The highest BCUT2D eigenvalue weighted by molar-refractivity contribution is 5.71. The summed E-state index contributed by atoms with van der Waals surface area (Å²) in [5.74, 6) is -1.15. The van der Waals surface area contributed by atoms with E-state index in [4.69, 9.17) is 10.2 Å². The number of aliphatic hydroxyl groups is 1. The first-order valence-electron chi connectivity index (χ1n) is 8.69. The summed E-state index contributed by atoms with van der Waals surface area (Å²) in [5, 5.41) is 17.6. The molecule has 0 spiro atoms. The fraction of sp³-hybridized carbons (Fsp3) is 0.550. The van der Waals surface area contributed by atoms with Crippen LogP contribution in [-0.4, -0.2) is 22.3 Å². The standard InChI is InChI=1S/C20H32O3/c1-2-3-4-5-6-7-8-9-10-11-12-13-14-15-16-17-18-19(21)20(22)23/h6-7,9-10,12-13,15-16,19,21H,2-5,8,11,14,17-18H2,1H3,(H,22,23)/b7-6+,10-9+,13-12+,16-15+. The number of rotatable bonds is 14.